The van der Waals surface area contributed by atoms with Crippen LogP contribution >= 0.6 is 11.8 Å². The summed E-state index contributed by atoms with van der Waals surface area (Å²) in [7, 11) is 0. The van der Waals surface area contributed by atoms with Gasteiger partial charge in [-0.15, -0.1) is 10.2 Å². The molecule has 0 atom stereocenters. The van der Waals surface area contributed by atoms with Crippen LogP contribution in [0.4, 0.5) is 18.9 Å². The highest BCUT2D eigenvalue weighted by Crippen LogP contribution is 2.30. The van der Waals surface area contributed by atoms with E-state index in [1.165, 1.54) is 17.7 Å². The average Bonchev–Trinajstić information content (AvgIpc) is 3.19. The summed E-state index contributed by atoms with van der Waals surface area (Å²) in [6, 6.07) is 16.2. The Bertz CT molecular complexity index is 1250. The van der Waals surface area contributed by atoms with Gasteiger partial charge in [-0.3, -0.25) is 4.79 Å². The number of amides is 1. The third-order valence-corrected chi connectivity index (χ3v) is 5.62. The summed E-state index contributed by atoms with van der Waals surface area (Å²) in [5, 5.41) is 15.6. The zero-order valence-electron chi connectivity index (χ0n) is 16.9. The molecule has 10 heteroatoms. The molecule has 0 radical (unpaired) electrons. The minimum atomic E-state index is -4.48. The van der Waals surface area contributed by atoms with Crippen LogP contribution in [0.5, 0.6) is 0 Å². The maximum Gasteiger partial charge on any atom is 0.416 e. The molecule has 4 aromatic rings. The summed E-state index contributed by atoms with van der Waals surface area (Å²) in [6.07, 6.45) is -3.53. The molecular weight excluding hydrogens is 439 g/mol. The summed E-state index contributed by atoms with van der Waals surface area (Å²) in [5.41, 5.74) is 2.68. The smallest absolute Gasteiger partial charge is 0.325 e. The van der Waals surface area contributed by atoms with E-state index in [1.807, 2.05) is 30.3 Å². The summed E-state index contributed by atoms with van der Waals surface area (Å²) in [4.78, 5) is 12.3. The highest BCUT2D eigenvalue weighted by molar-refractivity contribution is 7.99. The minimum Gasteiger partial charge on any atom is -0.325 e. The summed E-state index contributed by atoms with van der Waals surface area (Å²) in [5.74, 6) is -0.522. The van der Waals surface area contributed by atoms with Crippen molar-refractivity contribution in [2.75, 3.05) is 11.1 Å². The van der Waals surface area contributed by atoms with Crippen molar-refractivity contribution < 1.29 is 18.0 Å². The highest BCUT2D eigenvalue weighted by Gasteiger charge is 2.30. The molecule has 0 fully saturated rings. The molecule has 0 bridgehead atoms. The number of carbonyl (C=O) groups is 1. The number of aromatic nitrogens is 4. The number of thioether (sulfide) groups is 1. The van der Waals surface area contributed by atoms with Crippen LogP contribution in [0.25, 0.3) is 16.9 Å². The molecule has 32 heavy (non-hydrogen) atoms. The van der Waals surface area contributed by atoms with Crippen LogP contribution in [-0.4, -0.2) is 31.5 Å². The molecule has 0 saturated heterocycles. The Morgan fingerprint density at radius 2 is 1.84 bits per heavy atom. The van der Waals surface area contributed by atoms with Gasteiger partial charge in [0, 0.05) is 11.3 Å². The van der Waals surface area contributed by atoms with Crippen molar-refractivity contribution in [1.82, 2.24) is 19.8 Å². The number of rotatable bonds is 6. The number of carbonyl (C=O) groups excluding carboxylic acids is 1. The van der Waals surface area contributed by atoms with Gasteiger partial charge in [0.15, 0.2) is 5.65 Å². The van der Waals surface area contributed by atoms with E-state index in [4.69, 9.17) is 0 Å². The molecule has 2 heterocycles. The zero-order valence-corrected chi connectivity index (χ0v) is 17.7. The number of nitrogens with one attached hydrogen (secondary N) is 1. The van der Waals surface area contributed by atoms with Gasteiger partial charge in [0.05, 0.1) is 17.0 Å². The van der Waals surface area contributed by atoms with E-state index in [0.717, 1.165) is 41.6 Å². The molecule has 6 nitrogen and oxygen atoms in total. The van der Waals surface area contributed by atoms with E-state index >= 15 is 0 Å². The lowest BCUT2D eigenvalue weighted by Gasteiger charge is -2.09. The molecule has 0 aliphatic carbocycles. The topological polar surface area (TPSA) is 72.2 Å². The zero-order chi connectivity index (χ0) is 22.7. The lowest BCUT2D eigenvalue weighted by Crippen LogP contribution is -2.15. The Morgan fingerprint density at radius 3 is 2.56 bits per heavy atom. The fourth-order valence-corrected chi connectivity index (χ4v) is 3.71. The summed E-state index contributed by atoms with van der Waals surface area (Å²) in [6.45, 7) is 2.09. The fourth-order valence-electron chi connectivity index (χ4n) is 3.02. The number of fused-ring (bicyclic) bond motifs is 1. The van der Waals surface area contributed by atoms with Gasteiger partial charge in [-0.1, -0.05) is 49.0 Å². The van der Waals surface area contributed by atoms with Crippen LogP contribution in [0.1, 0.15) is 18.1 Å². The summed E-state index contributed by atoms with van der Waals surface area (Å²) >= 11 is 1.10. The Morgan fingerprint density at radius 1 is 1.06 bits per heavy atom. The second-order valence-electron chi connectivity index (χ2n) is 6.94. The first-order valence-electron chi connectivity index (χ1n) is 9.75. The van der Waals surface area contributed by atoms with Crippen LogP contribution in [0.2, 0.25) is 0 Å². The second-order valence-corrected chi connectivity index (χ2v) is 7.88. The first-order chi connectivity index (χ1) is 15.3. The highest BCUT2D eigenvalue weighted by atomic mass is 32.2. The molecule has 2 aromatic carbocycles. The van der Waals surface area contributed by atoms with Crippen molar-refractivity contribution in [2.45, 2.75) is 24.7 Å². The van der Waals surface area contributed by atoms with Gasteiger partial charge in [-0.2, -0.15) is 22.8 Å². The SMILES string of the molecule is CCc1ccc(-c2ccc3nnc(SCC(=O)Nc4cccc(C(F)(F)F)c4)n3n2)cc1. The van der Waals surface area contributed by atoms with Crippen LogP contribution in [0.3, 0.4) is 0 Å². The number of anilines is 1. The number of alkyl halides is 3. The van der Waals surface area contributed by atoms with Gasteiger partial charge in [0.1, 0.15) is 0 Å². The number of nitrogens with zero attached hydrogens (tertiary/aromatic N) is 4. The lowest BCUT2D eigenvalue weighted by atomic mass is 10.1. The monoisotopic (exact) mass is 457 g/mol. The normalized spacial score (nSPS) is 11.6. The first kappa shape index (κ1) is 21.8. The third-order valence-electron chi connectivity index (χ3n) is 4.70. The molecule has 0 aliphatic heterocycles. The quantitative estimate of drug-likeness (QED) is 0.408. The molecule has 2 aromatic heterocycles. The predicted octanol–water partition coefficient (Wildman–Crippen LogP) is 5.10. The number of hydrogen-bond donors (Lipinski definition) is 1. The number of hydrogen-bond acceptors (Lipinski definition) is 5. The molecule has 4 rings (SSSR count). The lowest BCUT2D eigenvalue weighted by molar-refractivity contribution is -0.137. The molecule has 0 aliphatic rings. The van der Waals surface area contributed by atoms with E-state index in [-0.39, 0.29) is 11.4 Å². The predicted molar refractivity (Wildman–Crippen MR) is 116 cm³/mol. The molecule has 0 unspecified atom stereocenters. The standard InChI is InChI=1S/C22H18F3N5OS/c1-2-14-6-8-15(9-7-14)18-10-11-19-27-28-21(30(19)29-18)32-13-20(31)26-17-5-3-4-16(12-17)22(23,24)25/h3-12H,2,13H2,1H3,(H,26,31). The Hall–Kier alpha value is -3.40. The van der Waals surface area contributed by atoms with E-state index in [9.17, 15) is 18.0 Å². The van der Waals surface area contributed by atoms with Gasteiger partial charge in [-0.05, 0) is 42.3 Å². The van der Waals surface area contributed by atoms with Crippen molar-refractivity contribution >= 4 is 29.0 Å². The van der Waals surface area contributed by atoms with Gasteiger partial charge >= 0.3 is 6.18 Å². The van der Waals surface area contributed by atoms with Gasteiger partial charge < -0.3 is 5.32 Å². The molecule has 0 saturated carbocycles. The fraction of sp³-hybridized carbons (Fsp3) is 0.182. The van der Waals surface area contributed by atoms with Crippen molar-refractivity contribution in [3.8, 4) is 11.3 Å². The van der Waals surface area contributed by atoms with Crippen LogP contribution < -0.4 is 5.32 Å². The van der Waals surface area contributed by atoms with E-state index in [1.54, 1.807) is 10.6 Å². The van der Waals surface area contributed by atoms with Crippen LogP contribution in [0.15, 0.2) is 65.8 Å². The van der Waals surface area contributed by atoms with Crippen LogP contribution in [-0.2, 0) is 17.4 Å². The maximum atomic E-state index is 12.8. The van der Waals surface area contributed by atoms with Crippen molar-refractivity contribution in [1.29, 1.82) is 0 Å². The van der Waals surface area contributed by atoms with Gasteiger partial charge in [0.2, 0.25) is 11.1 Å². The first-order valence-corrected chi connectivity index (χ1v) is 10.7. The molecular formula is C22H18F3N5OS. The van der Waals surface area contributed by atoms with Gasteiger partial charge in [0.25, 0.3) is 0 Å². The second kappa shape index (κ2) is 8.99. The van der Waals surface area contributed by atoms with Gasteiger partial charge in [-0.25, -0.2) is 0 Å². The van der Waals surface area contributed by atoms with E-state index in [0.29, 0.717) is 10.8 Å². The Labute approximate surface area is 185 Å². The molecule has 1 amide bonds. The number of benzene rings is 2. The summed E-state index contributed by atoms with van der Waals surface area (Å²) < 4.78 is 40.1. The third kappa shape index (κ3) is 4.91. The number of halogens is 3. The van der Waals surface area contributed by atoms with Crippen LogP contribution in [0, 0.1) is 0 Å². The van der Waals surface area contributed by atoms with Crippen molar-refractivity contribution in [3.05, 3.63) is 71.8 Å². The largest absolute Gasteiger partial charge is 0.416 e. The Kier molecular flexibility index (Phi) is 6.13. The maximum absolute atomic E-state index is 12.8. The van der Waals surface area contributed by atoms with E-state index in [2.05, 4.69) is 27.5 Å². The molecule has 0 spiro atoms. The number of aryl methyl sites for hydroxylation is 1. The minimum absolute atomic E-state index is 0.0614. The van der Waals surface area contributed by atoms with Crippen molar-refractivity contribution in [3.63, 3.8) is 0 Å². The molecule has 164 valence electrons. The van der Waals surface area contributed by atoms with Crippen molar-refractivity contribution in [2.24, 2.45) is 0 Å². The average molecular weight is 457 g/mol. The van der Waals surface area contributed by atoms with E-state index < -0.39 is 17.6 Å². The Balaban J connectivity index is 1.46. The molecule has 1 N–H and O–H groups in total.